The van der Waals surface area contributed by atoms with E-state index >= 15 is 0 Å². The van der Waals surface area contributed by atoms with E-state index in [0.29, 0.717) is 5.56 Å². The van der Waals surface area contributed by atoms with Crippen molar-refractivity contribution in [3.05, 3.63) is 63.7 Å². The number of nitrogens with two attached hydrogens (primary N) is 1. The fourth-order valence-corrected chi connectivity index (χ4v) is 3.51. The second-order valence-electron chi connectivity index (χ2n) is 5.88. The minimum absolute atomic E-state index is 0.00309. The highest BCUT2D eigenvalue weighted by atomic mass is 32.1. The summed E-state index contributed by atoms with van der Waals surface area (Å²) in [6, 6.07) is 4.18. The summed E-state index contributed by atoms with van der Waals surface area (Å²) in [5, 5.41) is 5.29. The van der Waals surface area contributed by atoms with E-state index in [2.05, 4.69) is 10.3 Å². The number of carbonyl (C=O) groups excluding carboxylic acids is 2. The van der Waals surface area contributed by atoms with Gasteiger partial charge in [0.05, 0.1) is 5.56 Å². The normalized spacial score (nSPS) is 10.8. The van der Waals surface area contributed by atoms with Crippen LogP contribution in [0.15, 0.2) is 29.8 Å². The molecule has 0 saturated carbocycles. The van der Waals surface area contributed by atoms with Crippen LogP contribution in [0, 0.1) is 26.6 Å². The van der Waals surface area contributed by atoms with E-state index in [-0.39, 0.29) is 16.8 Å². The molecule has 2 heterocycles. The summed E-state index contributed by atoms with van der Waals surface area (Å²) >= 11 is 1.46. The van der Waals surface area contributed by atoms with Crippen molar-refractivity contribution >= 4 is 28.8 Å². The van der Waals surface area contributed by atoms with Crippen LogP contribution >= 0.6 is 11.3 Å². The molecule has 0 radical (unpaired) electrons. The van der Waals surface area contributed by atoms with Gasteiger partial charge in [0.25, 0.3) is 5.91 Å². The Morgan fingerprint density at radius 1 is 1.23 bits per heavy atom. The fourth-order valence-electron chi connectivity index (χ4n) is 2.75. The number of halogens is 1. The van der Waals surface area contributed by atoms with Crippen molar-refractivity contribution < 1.29 is 14.0 Å². The topological polar surface area (TPSA) is 90.0 Å². The predicted molar refractivity (Wildman–Crippen MR) is 98.5 cm³/mol. The number of primary amides is 1. The van der Waals surface area contributed by atoms with Gasteiger partial charge in [0.1, 0.15) is 5.82 Å². The molecule has 1 aromatic carbocycles. The van der Waals surface area contributed by atoms with E-state index in [4.69, 9.17) is 5.73 Å². The number of hydrogen-bond donors (Lipinski definition) is 2. The molecule has 2 aromatic heterocycles. The number of amides is 2. The minimum Gasteiger partial charge on any atom is -0.366 e. The monoisotopic (exact) mass is 372 g/mol. The van der Waals surface area contributed by atoms with Gasteiger partial charge in [-0.1, -0.05) is 0 Å². The van der Waals surface area contributed by atoms with Gasteiger partial charge in [-0.2, -0.15) is 0 Å². The standard InChI is InChI=1S/C18H17FN4O2S/c1-9-6-13(11(3)23(9)18-21-4-5-26-18)17(25)22-15-8-12(16(20)24)7-14(19)10(15)2/h4-8H,1-3H3,(H2,20,24)(H,22,25). The minimum atomic E-state index is -0.763. The van der Waals surface area contributed by atoms with Gasteiger partial charge in [0, 0.05) is 39.8 Å². The van der Waals surface area contributed by atoms with Crippen LogP contribution in [-0.2, 0) is 0 Å². The quantitative estimate of drug-likeness (QED) is 0.736. The molecule has 0 saturated heterocycles. The van der Waals surface area contributed by atoms with Crippen molar-refractivity contribution in [3.8, 4) is 5.13 Å². The SMILES string of the molecule is Cc1c(F)cc(C(N)=O)cc1NC(=O)c1cc(C)n(-c2nccs2)c1C. The van der Waals surface area contributed by atoms with Crippen LogP contribution in [-0.4, -0.2) is 21.4 Å². The first kappa shape index (κ1) is 17.8. The maximum atomic E-state index is 14.0. The van der Waals surface area contributed by atoms with Crippen molar-refractivity contribution in [2.24, 2.45) is 5.73 Å². The van der Waals surface area contributed by atoms with E-state index in [1.54, 1.807) is 12.3 Å². The predicted octanol–water partition coefficient (Wildman–Crippen LogP) is 3.35. The number of thiazole rings is 1. The smallest absolute Gasteiger partial charge is 0.257 e. The lowest BCUT2D eigenvalue weighted by Gasteiger charge is -2.11. The van der Waals surface area contributed by atoms with Crippen molar-refractivity contribution in [1.82, 2.24) is 9.55 Å². The maximum Gasteiger partial charge on any atom is 0.257 e. The number of hydrogen-bond acceptors (Lipinski definition) is 4. The zero-order chi connectivity index (χ0) is 19.0. The van der Waals surface area contributed by atoms with Crippen molar-refractivity contribution in [1.29, 1.82) is 0 Å². The average Bonchev–Trinajstić information content (AvgIpc) is 3.19. The third kappa shape index (κ3) is 3.11. The molecule has 0 fully saturated rings. The Morgan fingerprint density at radius 3 is 2.58 bits per heavy atom. The molecule has 0 unspecified atom stereocenters. The fraction of sp³-hybridized carbons (Fsp3) is 0.167. The Hall–Kier alpha value is -3.00. The molecule has 0 aliphatic carbocycles. The maximum absolute atomic E-state index is 14.0. The third-order valence-corrected chi connectivity index (χ3v) is 4.92. The second-order valence-corrected chi connectivity index (χ2v) is 6.76. The molecule has 8 heteroatoms. The number of aryl methyl sites for hydroxylation is 1. The Balaban J connectivity index is 1.97. The van der Waals surface area contributed by atoms with Gasteiger partial charge in [0.15, 0.2) is 5.13 Å². The van der Waals surface area contributed by atoms with Gasteiger partial charge in [-0.3, -0.25) is 14.2 Å². The Morgan fingerprint density at radius 2 is 1.96 bits per heavy atom. The van der Waals surface area contributed by atoms with Gasteiger partial charge >= 0.3 is 0 Å². The lowest BCUT2D eigenvalue weighted by Crippen LogP contribution is -2.17. The summed E-state index contributed by atoms with van der Waals surface area (Å²) in [7, 11) is 0. The summed E-state index contributed by atoms with van der Waals surface area (Å²) < 4.78 is 15.9. The molecule has 0 spiro atoms. The number of anilines is 1. The second kappa shape index (κ2) is 6.72. The van der Waals surface area contributed by atoms with Crippen LogP contribution in [0.3, 0.4) is 0 Å². The number of carbonyl (C=O) groups is 2. The molecule has 0 aliphatic heterocycles. The number of benzene rings is 1. The van der Waals surface area contributed by atoms with Crippen molar-refractivity contribution in [2.45, 2.75) is 20.8 Å². The van der Waals surface area contributed by atoms with Crippen LogP contribution in [0.5, 0.6) is 0 Å². The van der Waals surface area contributed by atoms with Gasteiger partial charge < -0.3 is 11.1 Å². The van der Waals surface area contributed by atoms with Crippen LogP contribution in [0.2, 0.25) is 0 Å². The van der Waals surface area contributed by atoms with Crippen LogP contribution < -0.4 is 11.1 Å². The highest BCUT2D eigenvalue weighted by Crippen LogP contribution is 2.25. The van der Waals surface area contributed by atoms with Gasteiger partial charge in [0.2, 0.25) is 5.91 Å². The van der Waals surface area contributed by atoms with E-state index in [9.17, 15) is 14.0 Å². The molecule has 2 amide bonds. The van der Waals surface area contributed by atoms with Gasteiger partial charge in [-0.05, 0) is 39.0 Å². The number of aromatic nitrogens is 2. The van der Waals surface area contributed by atoms with E-state index in [0.717, 1.165) is 22.6 Å². The molecule has 6 nitrogen and oxygen atoms in total. The zero-order valence-electron chi connectivity index (χ0n) is 14.5. The summed E-state index contributed by atoms with van der Waals surface area (Å²) in [5.74, 6) is -1.77. The Bertz CT molecular complexity index is 1010. The highest BCUT2D eigenvalue weighted by Gasteiger charge is 2.19. The van der Waals surface area contributed by atoms with E-state index in [1.807, 2.05) is 23.8 Å². The van der Waals surface area contributed by atoms with Gasteiger partial charge in [-0.25, -0.2) is 9.37 Å². The molecule has 3 N–H and O–H groups in total. The number of rotatable bonds is 4. The zero-order valence-corrected chi connectivity index (χ0v) is 15.3. The lowest BCUT2D eigenvalue weighted by molar-refractivity contribution is 0.0995. The lowest BCUT2D eigenvalue weighted by atomic mass is 10.1. The average molecular weight is 372 g/mol. The summed E-state index contributed by atoms with van der Waals surface area (Å²) in [6.45, 7) is 5.22. The number of nitrogens with zero attached hydrogens (tertiary/aromatic N) is 2. The third-order valence-electron chi connectivity index (χ3n) is 4.16. The highest BCUT2D eigenvalue weighted by molar-refractivity contribution is 7.12. The van der Waals surface area contributed by atoms with Crippen molar-refractivity contribution in [2.75, 3.05) is 5.32 Å². The molecule has 0 atom stereocenters. The first-order valence-corrected chi connectivity index (χ1v) is 8.67. The Kier molecular flexibility index (Phi) is 4.60. The Labute approximate surface area is 153 Å². The molecule has 0 bridgehead atoms. The molecular weight excluding hydrogens is 355 g/mol. The van der Waals surface area contributed by atoms with Crippen molar-refractivity contribution in [3.63, 3.8) is 0 Å². The van der Waals surface area contributed by atoms with E-state index < -0.39 is 17.6 Å². The van der Waals surface area contributed by atoms with Gasteiger partial charge in [-0.15, -0.1) is 11.3 Å². The van der Waals surface area contributed by atoms with Crippen LogP contribution in [0.1, 0.15) is 37.7 Å². The molecule has 3 aromatic rings. The first-order valence-electron chi connectivity index (χ1n) is 7.79. The van der Waals surface area contributed by atoms with Crippen LogP contribution in [0.4, 0.5) is 10.1 Å². The summed E-state index contributed by atoms with van der Waals surface area (Å²) in [5.41, 5.74) is 7.68. The molecular formula is C18H17FN4O2S. The molecule has 3 rings (SSSR count). The molecule has 134 valence electrons. The van der Waals surface area contributed by atoms with E-state index in [1.165, 1.54) is 24.3 Å². The molecule has 26 heavy (non-hydrogen) atoms. The number of nitrogens with one attached hydrogen (secondary N) is 1. The summed E-state index contributed by atoms with van der Waals surface area (Å²) in [4.78, 5) is 28.3. The molecule has 0 aliphatic rings. The summed E-state index contributed by atoms with van der Waals surface area (Å²) in [6.07, 6.45) is 1.69. The van der Waals surface area contributed by atoms with Crippen LogP contribution in [0.25, 0.3) is 5.13 Å². The first-order chi connectivity index (χ1) is 12.3. The largest absolute Gasteiger partial charge is 0.366 e.